The second-order valence-corrected chi connectivity index (χ2v) is 7.54. The molecule has 0 radical (unpaired) electrons. The molecular formula is C19H25NO2. The minimum Gasteiger partial charge on any atom is -0.508 e. The molecule has 1 aromatic rings. The Bertz CT molecular complexity index is 611. The number of aromatic hydroxyl groups is 1. The number of likely N-dealkylation sites (tertiary alicyclic amines) is 1. The van der Waals surface area contributed by atoms with Gasteiger partial charge in [-0.1, -0.05) is 18.9 Å². The first-order valence-corrected chi connectivity index (χ1v) is 8.66. The zero-order valence-corrected chi connectivity index (χ0v) is 13.3. The van der Waals surface area contributed by atoms with Crippen molar-refractivity contribution >= 4 is 5.78 Å². The van der Waals surface area contributed by atoms with Crippen LogP contribution in [0, 0.1) is 5.92 Å². The van der Waals surface area contributed by atoms with E-state index >= 15 is 0 Å². The molecule has 2 bridgehead atoms. The van der Waals surface area contributed by atoms with Gasteiger partial charge < -0.3 is 5.11 Å². The monoisotopic (exact) mass is 299 g/mol. The quantitative estimate of drug-likeness (QED) is 0.912. The number of hydrogen-bond donors (Lipinski definition) is 1. The molecule has 0 aromatic heterocycles. The van der Waals surface area contributed by atoms with Gasteiger partial charge in [0.05, 0.1) is 6.54 Å². The van der Waals surface area contributed by atoms with Gasteiger partial charge in [0, 0.05) is 11.5 Å². The maximum atomic E-state index is 11.6. The van der Waals surface area contributed by atoms with Crippen LogP contribution in [0.4, 0.5) is 0 Å². The van der Waals surface area contributed by atoms with Gasteiger partial charge in [-0.15, -0.1) is 0 Å². The molecule has 118 valence electrons. The molecule has 3 atom stereocenters. The Morgan fingerprint density at radius 2 is 2.23 bits per heavy atom. The van der Waals surface area contributed by atoms with E-state index < -0.39 is 0 Å². The molecule has 1 heterocycles. The lowest BCUT2D eigenvalue weighted by Crippen LogP contribution is -2.61. The molecule has 1 aromatic carbocycles. The fourth-order valence-electron chi connectivity index (χ4n) is 5.55. The summed E-state index contributed by atoms with van der Waals surface area (Å²) in [5, 5.41) is 9.99. The van der Waals surface area contributed by atoms with Crippen LogP contribution in [0.5, 0.6) is 5.75 Å². The largest absolute Gasteiger partial charge is 0.508 e. The van der Waals surface area contributed by atoms with E-state index in [1.807, 2.05) is 12.1 Å². The molecule has 2 aliphatic carbocycles. The van der Waals surface area contributed by atoms with Crippen LogP contribution in [0.25, 0.3) is 0 Å². The van der Waals surface area contributed by atoms with Crippen LogP contribution in [0.2, 0.25) is 0 Å². The topological polar surface area (TPSA) is 40.5 Å². The number of benzene rings is 1. The van der Waals surface area contributed by atoms with Gasteiger partial charge in [0.2, 0.25) is 0 Å². The number of phenols is 1. The molecule has 1 aliphatic heterocycles. The zero-order valence-electron chi connectivity index (χ0n) is 13.3. The van der Waals surface area contributed by atoms with E-state index in [4.69, 9.17) is 0 Å². The van der Waals surface area contributed by atoms with Gasteiger partial charge in [0.25, 0.3) is 0 Å². The Balaban J connectivity index is 1.80. The Kier molecular flexibility index (Phi) is 3.30. The summed E-state index contributed by atoms with van der Waals surface area (Å²) >= 11 is 0. The van der Waals surface area contributed by atoms with Gasteiger partial charge >= 0.3 is 0 Å². The number of ketones is 1. The number of piperidine rings is 1. The minimum atomic E-state index is 0.253. The second-order valence-electron chi connectivity index (χ2n) is 7.54. The van der Waals surface area contributed by atoms with Crippen LogP contribution < -0.4 is 0 Å². The molecule has 1 saturated carbocycles. The van der Waals surface area contributed by atoms with Gasteiger partial charge in [-0.3, -0.25) is 9.69 Å². The third kappa shape index (κ3) is 2.02. The van der Waals surface area contributed by atoms with Crippen LogP contribution in [-0.4, -0.2) is 34.9 Å². The van der Waals surface area contributed by atoms with Crippen molar-refractivity contribution in [2.75, 3.05) is 13.1 Å². The fourth-order valence-corrected chi connectivity index (χ4v) is 5.55. The number of rotatable bonds is 2. The number of carbonyl (C=O) groups excluding carboxylic acids is 1. The SMILES string of the molecule is CC(=O)CN1CC[C@]23CCCC[C@H]2[C@@H]1Cc1ccc(O)cc13. The van der Waals surface area contributed by atoms with Crippen molar-refractivity contribution in [3.05, 3.63) is 29.3 Å². The van der Waals surface area contributed by atoms with Gasteiger partial charge in [-0.05, 0) is 68.3 Å². The Morgan fingerprint density at radius 3 is 3.05 bits per heavy atom. The highest BCUT2D eigenvalue weighted by atomic mass is 16.3. The first-order chi connectivity index (χ1) is 10.6. The van der Waals surface area contributed by atoms with E-state index in [1.54, 1.807) is 6.92 Å². The van der Waals surface area contributed by atoms with E-state index in [0.717, 1.165) is 19.4 Å². The minimum absolute atomic E-state index is 0.253. The predicted molar refractivity (Wildman–Crippen MR) is 86.1 cm³/mol. The van der Waals surface area contributed by atoms with E-state index in [9.17, 15) is 9.90 Å². The van der Waals surface area contributed by atoms with Crippen LogP contribution in [-0.2, 0) is 16.6 Å². The summed E-state index contributed by atoms with van der Waals surface area (Å²) < 4.78 is 0. The van der Waals surface area contributed by atoms with Crippen molar-refractivity contribution in [2.24, 2.45) is 5.92 Å². The molecule has 0 spiro atoms. The molecule has 3 aliphatic rings. The van der Waals surface area contributed by atoms with Crippen molar-refractivity contribution in [3.63, 3.8) is 0 Å². The lowest BCUT2D eigenvalue weighted by molar-refractivity contribution is -0.120. The first kappa shape index (κ1) is 14.3. The third-order valence-corrected chi connectivity index (χ3v) is 6.36. The summed E-state index contributed by atoms with van der Waals surface area (Å²) in [5.74, 6) is 1.34. The number of hydrogen-bond acceptors (Lipinski definition) is 3. The molecule has 3 nitrogen and oxygen atoms in total. The fraction of sp³-hybridized carbons (Fsp3) is 0.632. The molecule has 1 N–H and O–H groups in total. The molecule has 4 rings (SSSR count). The standard InChI is InChI=1S/C19H25NO2/c1-13(21)12-20-9-8-19-7-3-2-4-16(19)18(20)10-14-5-6-15(22)11-17(14)19/h5-6,11,16,18,22H,2-4,7-10,12H2,1H3/t16-,18-,19+/m0/s1. The van der Waals surface area contributed by atoms with Crippen LogP contribution in [0.15, 0.2) is 18.2 Å². The van der Waals surface area contributed by atoms with Crippen molar-refractivity contribution in [1.82, 2.24) is 4.90 Å². The van der Waals surface area contributed by atoms with E-state index in [0.29, 0.717) is 24.3 Å². The molecule has 0 unspecified atom stereocenters. The molecule has 0 amide bonds. The summed E-state index contributed by atoms with van der Waals surface area (Å²) in [6.07, 6.45) is 7.30. The summed E-state index contributed by atoms with van der Waals surface area (Å²) in [5.41, 5.74) is 3.06. The molecule has 3 heteroatoms. The third-order valence-electron chi connectivity index (χ3n) is 6.36. The number of phenolic OH excluding ortho intramolecular Hbond substituents is 1. The highest BCUT2D eigenvalue weighted by Gasteiger charge is 2.53. The van der Waals surface area contributed by atoms with E-state index in [2.05, 4.69) is 11.0 Å². The van der Waals surface area contributed by atoms with Crippen molar-refractivity contribution in [2.45, 2.75) is 56.9 Å². The lowest BCUT2D eigenvalue weighted by Gasteiger charge is -2.59. The van der Waals surface area contributed by atoms with Crippen LogP contribution >= 0.6 is 0 Å². The predicted octanol–water partition coefficient (Wildman–Crippen LogP) is 3.04. The maximum Gasteiger partial charge on any atom is 0.143 e. The van der Waals surface area contributed by atoms with Crippen LogP contribution in [0.3, 0.4) is 0 Å². The van der Waals surface area contributed by atoms with Crippen molar-refractivity contribution in [1.29, 1.82) is 0 Å². The number of nitrogens with zero attached hydrogens (tertiary/aromatic N) is 1. The lowest BCUT2D eigenvalue weighted by atomic mass is 9.52. The second kappa shape index (κ2) is 5.09. The van der Waals surface area contributed by atoms with E-state index in [-0.39, 0.29) is 11.2 Å². The van der Waals surface area contributed by atoms with Gasteiger partial charge in [0.1, 0.15) is 11.5 Å². The van der Waals surface area contributed by atoms with E-state index in [1.165, 1.54) is 36.8 Å². The molecular weight excluding hydrogens is 274 g/mol. The van der Waals surface area contributed by atoms with Crippen molar-refractivity contribution < 1.29 is 9.90 Å². The number of fused-ring (bicyclic) bond motifs is 1. The summed E-state index contributed by atoms with van der Waals surface area (Å²) in [7, 11) is 0. The summed E-state index contributed by atoms with van der Waals surface area (Å²) in [6, 6.07) is 6.48. The van der Waals surface area contributed by atoms with Crippen molar-refractivity contribution in [3.8, 4) is 5.75 Å². The molecule has 2 fully saturated rings. The Hall–Kier alpha value is -1.35. The molecule has 22 heavy (non-hydrogen) atoms. The smallest absolute Gasteiger partial charge is 0.143 e. The Labute approximate surface area is 132 Å². The van der Waals surface area contributed by atoms with Crippen LogP contribution in [0.1, 0.15) is 50.2 Å². The maximum absolute atomic E-state index is 11.6. The number of Topliss-reactive ketones (excluding diaryl/α,β-unsaturated/α-hetero) is 1. The zero-order chi connectivity index (χ0) is 15.3. The normalized spacial score (nSPS) is 33.9. The van der Waals surface area contributed by atoms with Gasteiger partial charge in [0.15, 0.2) is 0 Å². The molecule has 1 saturated heterocycles. The Morgan fingerprint density at radius 1 is 1.36 bits per heavy atom. The summed E-state index contributed by atoms with van der Waals surface area (Å²) in [6.45, 7) is 3.33. The summed E-state index contributed by atoms with van der Waals surface area (Å²) in [4.78, 5) is 14.1. The highest BCUT2D eigenvalue weighted by Crippen LogP contribution is 2.56. The van der Waals surface area contributed by atoms with Gasteiger partial charge in [-0.2, -0.15) is 0 Å². The highest BCUT2D eigenvalue weighted by molar-refractivity contribution is 5.77. The number of carbonyl (C=O) groups is 1. The average Bonchev–Trinajstić information content (AvgIpc) is 2.50. The average molecular weight is 299 g/mol. The first-order valence-electron chi connectivity index (χ1n) is 8.66. The van der Waals surface area contributed by atoms with Gasteiger partial charge in [-0.25, -0.2) is 0 Å².